The Balaban J connectivity index is 1.41. The highest BCUT2D eigenvalue weighted by atomic mass is 15.1. The van der Waals surface area contributed by atoms with Gasteiger partial charge in [-0.2, -0.15) is 0 Å². The summed E-state index contributed by atoms with van der Waals surface area (Å²) in [5, 5.41) is 5.14. The molecule has 0 fully saturated rings. The molecule has 45 heavy (non-hydrogen) atoms. The quantitative estimate of drug-likeness (QED) is 0.191. The van der Waals surface area contributed by atoms with Gasteiger partial charge in [-0.1, -0.05) is 117 Å². The van der Waals surface area contributed by atoms with Crippen molar-refractivity contribution in [2.45, 2.75) is 19.3 Å². The van der Waals surface area contributed by atoms with Crippen LogP contribution in [0.1, 0.15) is 25.1 Å². The Morgan fingerprint density at radius 3 is 2.02 bits per heavy atom. The lowest BCUT2D eigenvalue weighted by Crippen LogP contribution is -2.19. The Morgan fingerprint density at radius 2 is 1.18 bits per heavy atom. The van der Waals surface area contributed by atoms with Crippen LogP contribution in [0.4, 0.5) is 0 Å². The molecule has 0 amide bonds. The van der Waals surface area contributed by atoms with Crippen LogP contribution in [0.3, 0.4) is 0 Å². The lowest BCUT2D eigenvalue weighted by atomic mass is 9.85. The van der Waals surface area contributed by atoms with E-state index in [2.05, 4.69) is 150 Å². The van der Waals surface area contributed by atoms with Crippen LogP contribution in [0.5, 0.6) is 0 Å². The lowest BCUT2D eigenvalue weighted by molar-refractivity contribution is 0.631. The summed E-state index contributed by atoms with van der Waals surface area (Å²) in [6.45, 7) is 4.75. The fourth-order valence-corrected chi connectivity index (χ4v) is 8.81. The molecule has 3 heterocycles. The highest BCUT2D eigenvalue weighted by Crippen LogP contribution is 2.55. The molecule has 11 rings (SSSR count). The van der Waals surface area contributed by atoms with Crippen molar-refractivity contribution in [2.24, 2.45) is 0 Å². The van der Waals surface area contributed by atoms with Crippen molar-refractivity contribution in [3.05, 3.63) is 139 Å². The molecule has 3 heteroatoms. The number of benzene rings is 6. The second-order valence-electron chi connectivity index (χ2n) is 13.1. The zero-order valence-electron chi connectivity index (χ0n) is 25.0. The third-order valence-electron chi connectivity index (χ3n) is 10.6. The van der Waals surface area contributed by atoms with E-state index in [0.717, 1.165) is 22.2 Å². The van der Waals surface area contributed by atoms with Gasteiger partial charge in [-0.25, -0.2) is 4.98 Å². The van der Waals surface area contributed by atoms with Gasteiger partial charge < -0.3 is 4.57 Å². The van der Waals surface area contributed by atoms with Crippen LogP contribution >= 0.6 is 0 Å². The first kappa shape index (κ1) is 23.7. The third kappa shape index (κ3) is 2.68. The highest BCUT2D eigenvalue weighted by molar-refractivity contribution is 6.23. The summed E-state index contributed by atoms with van der Waals surface area (Å²) in [6.07, 6.45) is 0. The van der Waals surface area contributed by atoms with Gasteiger partial charge in [-0.05, 0) is 63.0 Å². The van der Waals surface area contributed by atoms with Crippen molar-refractivity contribution >= 4 is 49.3 Å². The van der Waals surface area contributed by atoms with E-state index in [1.54, 1.807) is 0 Å². The van der Waals surface area contributed by atoms with Crippen molar-refractivity contribution < 1.29 is 0 Å². The molecule has 6 aromatic carbocycles. The molecule has 0 saturated heterocycles. The number of hydrogen-bond donors (Lipinski definition) is 0. The standard InChI is InChI=1S/C42H27N3/c1-42(2)31-18-7-5-14-28(31)38-37-30-15-6-9-20-33(30)44(39(37)41-43-32-19-8-10-21-35(32)45(41)40(38)42)34-23-22-27-25-13-4-3-12-24(25)26-16-11-17-29(34)36(26)27/h3-23H,1-2H3. The van der Waals surface area contributed by atoms with Gasteiger partial charge >= 0.3 is 0 Å². The smallest absolute Gasteiger partial charge is 0.163 e. The highest BCUT2D eigenvalue weighted by Gasteiger charge is 2.41. The third-order valence-corrected chi connectivity index (χ3v) is 10.6. The molecular formula is C42H27N3. The van der Waals surface area contributed by atoms with Gasteiger partial charge in [0.2, 0.25) is 0 Å². The molecule has 0 atom stereocenters. The molecule has 3 aromatic heterocycles. The predicted octanol–water partition coefficient (Wildman–Crippen LogP) is 10.7. The van der Waals surface area contributed by atoms with E-state index in [1.165, 1.54) is 77.4 Å². The molecule has 3 nitrogen and oxygen atoms in total. The number of rotatable bonds is 1. The van der Waals surface area contributed by atoms with E-state index in [-0.39, 0.29) is 5.41 Å². The number of para-hydroxylation sites is 3. The van der Waals surface area contributed by atoms with E-state index in [1.807, 2.05) is 0 Å². The van der Waals surface area contributed by atoms with E-state index < -0.39 is 0 Å². The predicted molar refractivity (Wildman–Crippen MR) is 187 cm³/mol. The molecule has 0 saturated carbocycles. The summed E-state index contributed by atoms with van der Waals surface area (Å²) in [5.74, 6) is 0. The first-order chi connectivity index (χ1) is 22.1. The number of nitrogens with zero attached hydrogens (tertiary/aromatic N) is 3. The molecule has 0 bridgehead atoms. The second kappa shape index (κ2) is 7.88. The van der Waals surface area contributed by atoms with E-state index in [9.17, 15) is 0 Å². The van der Waals surface area contributed by atoms with Crippen molar-refractivity contribution in [1.29, 1.82) is 0 Å². The molecule has 0 spiro atoms. The summed E-state index contributed by atoms with van der Waals surface area (Å²) in [7, 11) is 0. The molecule has 0 N–H and O–H groups in total. The Morgan fingerprint density at radius 1 is 0.533 bits per heavy atom. The Labute approximate surface area is 259 Å². The fourth-order valence-electron chi connectivity index (χ4n) is 8.81. The summed E-state index contributed by atoms with van der Waals surface area (Å²) < 4.78 is 4.98. The second-order valence-corrected chi connectivity index (χ2v) is 13.1. The Kier molecular flexibility index (Phi) is 4.16. The molecule has 2 aliphatic carbocycles. The van der Waals surface area contributed by atoms with Crippen LogP contribution in [-0.2, 0) is 5.41 Å². The number of imidazole rings is 1. The molecule has 210 valence electrons. The SMILES string of the molecule is CC1(C)c2ccccc2-c2c1n1c3ccccc3nc1c1c2c2ccccc2n1-c1ccc2c3c(cccc13)-c1ccccc1-2. The molecule has 2 aliphatic rings. The van der Waals surface area contributed by atoms with Crippen LogP contribution in [0.25, 0.3) is 88.3 Å². The van der Waals surface area contributed by atoms with Crippen molar-refractivity contribution in [1.82, 2.24) is 14.0 Å². The van der Waals surface area contributed by atoms with Crippen LogP contribution in [0.2, 0.25) is 0 Å². The van der Waals surface area contributed by atoms with Gasteiger partial charge in [-0.3, -0.25) is 4.40 Å². The molecule has 0 unspecified atom stereocenters. The van der Waals surface area contributed by atoms with Gasteiger partial charge in [0, 0.05) is 32.8 Å². The van der Waals surface area contributed by atoms with E-state index in [0.29, 0.717) is 0 Å². The average molecular weight is 574 g/mol. The zero-order chi connectivity index (χ0) is 29.6. The van der Waals surface area contributed by atoms with Crippen molar-refractivity contribution in [3.63, 3.8) is 0 Å². The minimum atomic E-state index is -0.196. The van der Waals surface area contributed by atoms with Crippen LogP contribution < -0.4 is 0 Å². The van der Waals surface area contributed by atoms with E-state index in [4.69, 9.17) is 4.98 Å². The maximum absolute atomic E-state index is 5.43. The summed E-state index contributed by atoms with van der Waals surface area (Å²) in [6, 6.07) is 46.8. The van der Waals surface area contributed by atoms with Gasteiger partial charge in [0.25, 0.3) is 0 Å². The van der Waals surface area contributed by atoms with Crippen molar-refractivity contribution in [3.8, 4) is 39.1 Å². The first-order valence-electron chi connectivity index (χ1n) is 15.8. The van der Waals surface area contributed by atoms with E-state index >= 15 is 0 Å². The largest absolute Gasteiger partial charge is 0.305 e. The molecule has 0 radical (unpaired) electrons. The minimum Gasteiger partial charge on any atom is -0.305 e. The number of hydrogen-bond acceptors (Lipinski definition) is 1. The topological polar surface area (TPSA) is 22.2 Å². The summed E-state index contributed by atoms with van der Waals surface area (Å²) >= 11 is 0. The fraction of sp³-hybridized carbons (Fsp3) is 0.0714. The van der Waals surface area contributed by atoms with Crippen LogP contribution in [0.15, 0.2) is 127 Å². The van der Waals surface area contributed by atoms with Crippen LogP contribution in [0, 0.1) is 0 Å². The average Bonchev–Trinajstić information content (AvgIpc) is 3.79. The van der Waals surface area contributed by atoms with Gasteiger partial charge in [0.05, 0.1) is 27.8 Å². The lowest BCUT2D eigenvalue weighted by Gasteiger charge is -2.23. The van der Waals surface area contributed by atoms with Gasteiger partial charge in [0.1, 0.15) is 0 Å². The monoisotopic (exact) mass is 573 g/mol. The molecular weight excluding hydrogens is 546 g/mol. The molecule has 0 aliphatic heterocycles. The summed E-state index contributed by atoms with van der Waals surface area (Å²) in [4.78, 5) is 5.43. The minimum absolute atomic E-state index is 0.196. The van der Waals surface area contributed by atoms with Crippen molar-refractivity contribution in [2.75, 3.05) is 0 Å². The number of pyridine rings is 1. The summed E-state index contributed by atoms with van der Waals surface area (Å²) in [5.41, 5.74) is 17.1. The maximum atomic E-state index is 5.43. The number of aromatic nitrogens is 3. The zero-order valence-corrected chi connectivity index (χ0v) is 25.0. The first-order valence-corrected chi connectivity index (χ1v) is 15.8. The number of fused-ring (bicyclic) bond motifs is 15. The maximum Gasteiger partial charge on any atom is 0.163 e. The Bertz CT molecular complexity index is 2760. The van der Waals surface area contributed by atoms with Gasteiger partial charge in [0.15, 0.2) is 5.65 Å². The molecule has 9 aromatic rings. The van der Waals surface area contributed by atoms with Crippen LogP contribution in [-0.4, -0.2) is 14.0 Å². The normalized spacial score (nSPS) is 14.2. The van der Waals surface area contributed by atoms with Gasteiger partial charge in [-0.15, -0.1) is 0 Å². The Hall–Kier alpha value is -5.67.